The highest BCUT2D eigenvalue weighted by Gasteiger charge is 2.11. The van der Waals surface area contributed by atoms with Gasteiger partial charge in [0.15, 0.2) is 0 Å². The standard InChI is InChI=1S/C14H12BrFN2O3/c15-11-3-9(4-12(16)6-11)8-21-14-2-1-13(18(19)20)5-10(14)7-17/h1-6H,7-8,17H2. The van der Waals surface area contributed by atoms with E-state index in [0.717, 1.165) is 0 Å². The number of nitrogens with two attached hydrogens (primary N) is 1. The van der Waals surface area contributed by atoms with Gasteiger partial charge in [0.1, 0.15) is 18.2 Å². The van der Waals surface area contributed by atoms with E-state index in [9.17, 15) is 14.5 Å². The van der Waals surface area contributed by atoms with Crippen molar-refractivity contribution in [2.45, 2.75) is 13.2 Å². The van der Waals surface area contributed by atoms with E-state index in [2.05, 4.69) is 15.9 Å². The summed E-state index contributed by atoms with van der Waals surface area (Å²) in [5, 5.41) is 10.7. The van der Waals surface area contributed by atoms with Crippen molar-refractivity contribution >= 4 is 21.6 Å². The molecule has 0 unspecified atom stereocenters. The molecule has 21 heavy (non-hydrogen) atoms. The lowest BCUT2D eigenvalue weighted by molar-refractivity contribution is -0.384. The Balaban J connectivity index is 2.17. The molecule has 0 saturated heterocycles. The third-order valence-electron chi connectivity index (χ3n) is 2.79. The first-order chi connectivity index (χ1) is 9.99. The van der Waals surface area contributed by atoms with Crippen molar-refractivity contribution in [2.75, 3.05) is 0 Å². The van der Waals surface area contributed by atoms with E-state index >= 15 is 0 Å². The number of nitro benzene ring substituents is 1. The molecule has 0 amide bonds. The summed E-state index contributed by atoms with van der Waals surface area (Å²) in [6.45, 7) is 0.255. The molecule has 5 nitrogen and oxygen atoms in total. The van der Waals surface area contributed by atoms with E-state index in [1.54, 1.807) is 6.07 Å². The molecule has 0 radical (unpaired) electrons. The molecule has 2 N–H and O–H groups in total. The zero-order chi connectivity index (χ0) is 15.4. The van der Waals surface area contributed by atoms with E-state index in [4.69, 9.17) is 10.5 Å². The normalized spacial score (nSPS) is 10.4. The van der Waals surface area contributed by atoms with E-state index in [0.29, 0.717) is 21.3 Å². The Morgan fingerprint density at radius 1 is 1.29 bits per heavy atom. The lowest BCUT2D eigenvalue weighted by Crippen LogP contribution is -2.04. The van der Waals surface area contributed by atoms with Crippen LogP contribution in [0.15, 0.2) is 40.9 Å². The van der Waals surface area contributed by atoms with Gasteiger partial charge in [-0.15, -0.1) is 0 Å². The van der Waals surface area contributed by atoms with Crippen molar-refractivity contribution in [3.05, 3.63) is 67.9 Å². The molecule has 0 heterocycles. The van der Waals surface area contributed by atoms with Gasteiger partial charge in [-0.05, 0) is 29.8 Å². The van der Waals surface area contributed by atoms with Crippen LogP contribution in [-0.4, -0.2) is 4.92 Å². The van der Waals surface area contributed by atoms with Crippen LogP contribution in [0.5, 0.6) is 5.75 Å². The molecule has 0 aliphatic rings. The fourth-order valence-corrected chi connectivity index (χ4v) is 2.35. The number of nitrogens with zero attached hydrogens (tertiary/aromatic N) is 1. The van der Waals surface area contributed by atoms with Gasteiger partial charge in [-0.1, -0.05) is 15.9 Å². The largest absolute Gasteiger partial charge is 0.489 e. The number of hydrogen-bond donors (Lipinski definition) is 1. The SMILES string of the molecule is NCc1cc([N+](=O)[O-])ccc1OCc1cc(F)cc(Br)c1. The highest BCUT2D eigenvalue weighted by Crippen LogP contribution is 2.25. The molecule has 2 aromatic carbocycles. The summed E-state index contributed by atoms with van der Waals surface area (Å²) in [6, 6.07) is 8.65. The van der Waals surface area contributed by atoms with Gasteiger partial charge in [-0.25, -0.2) is 4.39 Å². The second kappa shape index (κ2) is 6.64. The third-order valence-corrected chi connectivity index (χ3v) is 3.25. The summed E-state index contributed by atoms with van der Waals surface area (Å²) >= 11 is 3.20. The Bertz CT molecular complexity index is 659. The zero-order valence-corrected chi connectivity index (χ0v) is 12.5. The Hall–Kier alpha value is -1.99. The summed E-state index contributed by atoms with van der Waals surface area (Å²) in [5.74, 6) is 0.0780. The van der Waals surface area contributed by atoms with Gasteiger partial charge in [-0.2, -0.15) is 0 Å². The molecular weight excluding hydrogens is 343 g/mol. The summed E-state index contributed by atoms with van der Waals surface area (Å²) in [4.78, 5) is 10.2. The molecule has 2 aromatic rings. The van der Waals surface area contributed by atoms with Crippen molar-refractivity contribution in [3.8, 4) is 5.75 Å². The number of rotatable bonds is 5. The van der Waals surface area contributed by atoms with E-state index in [1.165, 1.54) is 30.3 Å². The maximum absolute atomic E-state index is 13.3. The maximum Gasteiger partial charge on any atom is 0.270 e. The molecule has 110 valence electrons. The molecule has 0 saturated carbocycles. The molecule has 0 aliphatic carbocycles. The Morgan fingerprint density at radius 3 is 2.67 bits per heavy atom. The topological polar surface area (TPSA) is 78.4 Å². The van der Waals surface area contributed by atoms with Crippen molar-refractivity contribution in [1.82, 2.24) is 0 Å². The lowest BCUT2D eigenvalue weighted by atomic mass is 10.1. The monoisotopic (exact) mass is 354 g/mol. The average Bonchev–Trinajstić information content (AvgIpc) is 2.43. The fraction of sp³-hybridized carbons (Fsp3) is 0.143. The number of ether oxygens (including phenoxy) is 1. The minimum atomic E-state index is -0.493. The molecule has 0 aliphatic heterocycles. The second-order valence-electron chi connectivity index (χ2n) is 4.32. The van der Waals surface area contributed by atoms with Gasteiger partial charge in [0.05, 0.1) is 4.92 Å². The molecule has 0 bridgehead atoms. The van der Waals surface area contributed by atoms with Crippen molar-refractivity contribution < 1.29 is 14.1 Å². The Labute approximate surface area is 128 Å². The van der Waals surface area contributed by atoms with Crippen molar-refractivity contribution in [2.24, 2.45) is 5.73 Å². The minimum absolute atomic E-state index is 0.0451. The van der Waals surface area contributed by atoms with Crippen LogP contribution in [0, 0.1) is 15.9 Å². The Morgan fingerprint density at radius 2 is 2.05 bits per heavy atom. The van der Waals surface area contributed by atoms with Gasteiger partial charge in [0, 0.05) is 28.7 Å². The molecule has 0 atom stereocenters. The first kappa shape index (κ1) is 15.4. The summed E-state index contributed by atoms with van der Waals surface area (Å²) < 4.78 is 19.4. The van der Waals surface area contributed by atoms with Crippen LogP contribution in [0.4, 0.5) is 10.1 Å². The smallest absolute Gasteiger partial charge is 0.270 e. The van der Waals surface area contributed by atoms with Crippen LogP contribution >= 0.6 is 15.9 Å². The average molecular weight is 355 g/mol. The zero-order valence-electron chi connectivity index (χ0n) is 10.9. The molecule has 0 aromatic heterocycles. The van der Waals surface area contributed by atoms with Gasteiger partial charge in [0.2, 0.25) is 0 Å². The maximum atomic E-state index is 13.3. The molecule has 2 rings (SSSR count). The lowest BCUT2D eigenvalue weighted by Gasteiger charge is -2.10. The number of nitro groups is 1. The van der Waals surface area contributed by atoms with Gasteiger partial charge < -0.3 is 10.5 Å². The van der Waals surface area contributed by atoms with Crippen LogP contribution in [0.1, 0.15) is 11.1 Å². The highest BCUT2D eigenvalue weighted by molar-refractivity contribution is 9.10. The number of hydrogen-bond acceptors (Lipinski definition) is 4. The number of benzene rings is 2. The van der Waals surface area contributed by atoms with Gasteiger partial charge in [-0.3, -0.25) is 10.1 Å². The summed E-state index contributed by atoms with van der Waals surface area (Å²) in [7, 11) is 0. The Kier molecular flexibility index (Phi) is 4.87. The van der Waals surface area contributed by atoms with Crippen molar-refractivity contribution in [1.29, 1.82) is 0 Å². The molecular formula is C14H12BrFN2O3. The van der Waals surface area contributed by atoms with Crippen LogP contribution in [-0.2, 0) is 13.2 Å². The number of non-ortho nitro benzene ring substituents is 1. The van der Waals surface area contributed by atoms with Crippen molar-refractivity contribution in [3.63, 3.8) is 0 Å². The predicted octanol–water partition coefficient (Wildman–Crippen LogP) is 3.53. The van der Waals surface area contributed by atoms with E-state index < -0.39 is 4.92 Å². The van der Waals surface area contributed by atoms with Crippen LogP contribution in [0.25, 0.3) is 0 Å². The number of halogens is 2. The summed E-state index contributed by atoms with van der Waals surface area (Å²) in [6.07, 6.45) is 0. The minimum Gasteiger partial charge on any atom is -0.489 e. The first-order valence-corrected chi connectivity index (χ1v) is 6.84. The van der Waals surface area contributed by atoms with Crippen LogP contribution in [0.3, 0.4) is 0 Å². The molecule has 0 fully saturated rings. The fourth-order valence-electron chi connectivity index (χ4n) is 1.84. The molecule has 7 heteroatoms. The third kappa shape index (κ3) is 3.99. The van der Waals surface area contributed by atoms with E-state index in [1.807, 2.05) is 0 Å². The highest BCUT2D eigenvalue weighted by atomic mass is 79.9. The quantitative estimate of drug-likeness (QED) is 0.657. The van der Waals surface area contributed by atoms with Gasteiger partial charge in [0.25, 0.3) is 5.69 Å². The van der Waals surface area contributed by atoms with Gasteiger partial charge >= 0.3 is 0 Å². The summed E-state index contributed by atoms with van der Waals surface area (Å²) in [5.41, 5.74) is 6.69. The molecule has 0 spiro atoms. The first-order valence-electron chi connectivity index (χ1n) is 6.04. The predicted molar refractivity (Wildman–Crippen MR) is 79.4 cm³/mol. The van der Waals surface area contributed by atoms with E-state index in [-0.39, 0.29) is 24.7 Å². The second-order valence-corrected chi connectivity index (χ2v) is 5.24. The van der Waals surface area contributed by atoms with Crippen LogP contribution < -0.4 is 10.5 Å². The van der Waals surface area contributed by atoms with Crippen LogP contribution in [0.2, 0.25) is 0 Å².